The maximum atomic E-state index is 12.6. The van der Waals surface area contributed by atoms with Crippen LogP contribution in [0.2, 0.25) is 10.0 Å². The van der Waals surface area contributed by atoms with E-state index in [0.717, 1.165) is 22.0 Å². The first kappa shape index (κ1) is 18.3. The molecule has 1 aromatic heterocycles. The molecule has 0 saturated heterocycles. The van der Waals surface area contributed by atoms with Crippen LogP contribution in [0.15, 0.2) is 72.9 Å². The van der Waals surface area contributed by atoms with E-state index in [1.165, 1.54) is 0 Å². The number of benzene rings is 3. The van der Waals surface area contributed by atoms with Gasteiger partial charge in [0.2, 0.25) is 0 Å². The van der Waals surface area contributed by atoms with Crippen molar-refractivity contribution in [3.05, 3.63) is 88.5 Å². The van der Waals surface area contributed by atoms with Gasteiger partial charge >= 0.3 is 0 Å². The lowest BCUT2D eigenvalue weighted by molar-refractivity contribution is 0.102. The number of nitrogen functional groups attached to an aromatic ring is 1. The van der Waals surface area contributed by atoms with Crippen molar-refractivity contribution in [3.8, 4) is 11.3 Å². The molecule has 0 aliphatic carbocycles. The molecule has 0 bridgehead atoms. The Bertz CT molecular complexity index is 1200. The van der Waals surface area contributed by atoms with Gasteiger partial charge in [-0.2, -0.15) is 0 Å². The lowest BCUT2D eigenvalue weighted by Gasteiger charge is -2.12. The van der Waals surface area contributed by atoms with Crippen molar-refractivity contribution in [2.75, 3.05) is 11.1 Å². The number of nitrogens with one attached hydrogen (secondary N) is 1. The van der Waals surface area contributed by atoms with Crippen molar-refractivity contribution < 1.29 is 4.79 Å². The minimum Gasteiger partial charge on any atom is -0.399 e. The number of pyridine rings is 1. The Labute approximate surface area is 171 Å². The summed E-state index contributed by atoms with van der Waals surface area (Å²) in [6.07, 6.45) is 1.74. The van der Waals surface area contributed by atoms with Crippen LogP contribution in [-0.4, -0.2) is 10.9 Å². The van der Waals surface area contributed by atoms with E-state index in [9.17, 15) is 4.79 Å². The fourth-order valence-electron chi connectivity index (χ4n) is 3.03. The summed E-state index contributed by atoms with van der Waals surface area (Å²) in [5.74, 6) is -0.329. The molecule has 0 atom stereocenters. The third-order valence-corrected chi connectivity index (χ3v) is 5.03. The Hall–Kier alpha value is -3.08. The van der Waals surface area contributed by atoms with Crippen molar-refractivity contribution in [2.45, 2.75) is 0 Å². The van der Waals surface area contributed by atoms with Crippen LogP contribution < -0.4 is 11.1 Å². The summed E-state index contributed by atoms with van der Waals surface area (Å²) in [4.78, 5) is 17.1. The molecule has 3 N–H and O–H groups in total. The SMILES string of the molecule is Nc1ccc(C(=O)Nc2ccc(Cl)c(-c3nccc4ccccc34)c2)c(Cl)c1. The van der Waals surface area contributed by atoms with Gasteiger partial charge in [0.15, 0.2) is 0 Å². The van der Waals surface area contributed by atoms with E-state index in [1.54, 1.807) is 42.6 Å². The molecular weight excluding hydrogens is 393 g/mol. The normalized spacial score (nSPS) is 10.8. The topological polar surface area (TPSA) is 68.0 Å². The predicted molar refractivity (Wildman–Crippen MR) is 116 cm³/mol. The zero-order valence-corrected chi connectivity index (χ0v) is 16.1. The number of fused-ring (bicyclic) bond motifs is 1. The van der Waals surface area contributed by atoms with Crippen molar-refractivity contribution in [2.24, 2.45) is 0 Å². The molecule has 4 rings (SSSR count). The molecule has 3 aromatic carbocycles. The van der Waals surface area contributed by atoms with E-state index >= 15 is 0 Å². The molecular formula is C22H15Cl2N3O. The minimum absolute atomic E-state index is 0.294. The van der Waals surface area contributed by atoms with Gasteiger partial charge in [-0.15, -0.1) is 0 Å². The number of rotatable bonds is 3. The number of halogens is 2. The second kappa shape index (κ2) is 7.50. The maximum absolute atomic E-state index is 12.6. The molecule has 0 radical (unpaired) electrons. The molecule has 4 nitrogen and oxygen atoms in total. The molecule has 0 saturated carbocycles. The summed E-state index contributed by atoms with van der Waals surface area (Å²) in [6, 6.07) is 19.9. The highest BCUT2D eigenvalue weighted by molar-refractivity contribution is 6.35. The van der Waals surface area contributed by atoms with Gasteiger partial charge in [-0.1, -0.05) is 47.5 Å². The molecule has 6 heteroatoms. The lowest BCUT2D eigenvalue weighted by Crippen LogP contribution is -2.12. The van der Waals surface area contributed by atoms with Crippen LogP contribution >= 0.6 is 23.2 Å². The number of hydrogen-bond donors (Lipinski definition) is 2. The van der Waals surface area contributed by atoms with Crippen LogP contribution in [0.25, 0.3) is 22.0 Å². The van der Waals surface area contributed by atoms with Crippen LogP contribution in [-0.2, 0) is 0 Å². The van der Waals surface area contributed by atoms with Crippen molar-refractivity contribution >= 4 is 51.3 Å². The van der Waals surface area contributed by atoms with E-state index < -0.39 is 0 Å². The zero-order valence-electron chi connectivity index (χ0n) is 14.6. The van der Waals surface area contributed by atoms with Gasteiger partial charge in [0.05, 0.1) is 21.3 Å². The number of nitrogens with two attached hydrogens (primary N) is 1. The number of anilines is 2. The highest BCUT2D eigenvalue weighted by Gasteiger charge is 2.14. The second-order valence-corrected chi connectivity index (χ2v) is 7.08. The number of carbonyl (C=O) groups excluding carboxylic acids is 1. The first-order valence-corrected chi connectivity index (χ1v) is 9.28. The number of hydrogen-bond acceptors (Lipinski definition) is 3. The largest absolute Gasteiger partial charge is 0.399 e. The van der Waals surface area contributed by atoms with Gasteiger partial charge in [0, 0.05) is 28.5 Å². The van der Waals surface area contributed by atoms with E-state index in [2.05, 4.69) is 10.3 Å². The van der Waals surface area contributed by atoms with Gasteiger partial charge in [-0.3, -0.25) is 9.78 Å². The van der Waals surface area contributed by atoms with Crippen LogP contribution in [0.5, 0.6) is 0 Å². The minimum atomic E-state index is -0.329. The molecule has 0 aliphatic rings. The molecule has 0 spiro atoms. The molecule has 28 heavy (non-hydrogen) atoms. The van der Waals surface area contributed by atoms with E-state index in [1.807, 2.05) is 30.3 Å². The smallest absolute Gasteiger partial charge is 0.257 e. The number of nitrogens with zero attached hydrogens (tertiary/aromatic N) is 1. The third kappa shape index (κ3) is 3.52. The van der Waals surface area contributed by atoms with Gasteiger partial charge < -0.3 is 11.1 Å². The zero-order chi connectivity index (χ0) is 19.7. The molecule has 1 heterocycles. The van der Waals surface area contributed by atoms with Crippen LogP contribution in [0.1, 0.15) is 10.4 Å². The molecule has 138 valence electrons. The Morgan fingerprint density at radius 1 is 0.929 bits per heavy atom. The van der Waals surface area contributed by atoms with E-state index in [-0.39, 0.29) is 5.91 Å². The van der Waals surface area contributed by atoms with Crippen LogP contribution in [0.4, 0.5) is 11.4 Å². The van der Waals surface area contributed by atoms with Gasteiger partial charge in [0.1, 0.15) is 0 Å². The average molecular weight is 408 g/mol. The fraction of sp³-hybridized carbons (Fsp3) is 0. The Morgan fingerprint density at radius 3 is 2.57 bits per heavy atom. The van der Waals surface area contributed by atoms with Crippen LogP contribution in [0.3, 0.4) is 0 Å². The first-order chi connectivity index (χ1) is 13.5. The Kier molecular flexibility index (Phi) is 4.90. The Morgan fingerprint density at radius 2 is 1.75 bits per heavy atom. The summed E-state index contributed by atoms with van der Waals surface area (Å²) < 4.78 is 0. The van der Waals surface area contributed by atoms with Crippen molar-refractivity contribution in [1.82, 2.24) is 4.98 Å². The van der Waals surface area contributed by atoms with E-state index in [4.69, 9.17) is 28.9 Å². The standard InChI is InChI=1S/C22H15Cl2N3O/c23-19-8-6-15(27-22(28)17-7-5-14(25)11-20(17)24)12-18(19)21-16-4-2-1-3-13(16)9-10-26-21/h1-12H,25H2,(H,27,28). The van der Waals surface area contributed by atoms with Gasteiger partial charge in [-0.05, 0) is 47.9 Å². The molecule has 0 unspecified atom stereocenters. The summed E-state index contributed by atoms with van der Waals surface area (Å²) in [6.45, 7) is 0. The summed E-state index contributed by atoms with van der Waals surface area (Å²) in [5, 5.41) is 5.74. The third-order valence-electron chi connectivity index (χ3n) is 4.39. The monoisotopic (exact) mass is 407 g/mol. The summed E-state index contributed by atoms with van der Waals surface area (Å²) in [7, 11) is 0. The molecule has 0 fully saturated rings. The highest BCUT2D eigenvalue weighted by Crippen LogP contribution is 2.34. The number of carbonyl (C=O) groups is 1. The molecule has 1 amide bonds. The average Bonchev–Trinajstić information content (AvgIpc) is 2.69. The van der Waals surface area contributed by atoms with Gasteiger partial charge in [0.25, 0.3) is 5.91 Å². The Balaban J connectivity index is 1.72. The van der Waals surface area contributed by atoms with Crippen LogP contribution in [0, 0.1) is 0 Å². The highest BCUT2D eigenvalue weighted by atomic mass is 35.5. The summed E-state index contributed by atoms with van der Waals surface area (Å²) in [5.41, 5.74) is 8.61. The maximum Gasteiger partial charge on any atom is 0.257 e. The fourth-order valence-corrected chi connectivity index (χ4v) is 3.51. The molecule has 4 aromatic rings. The van der Waals surface area contributed by atoms with Gasteiger partial charge in [-0.25, -0.2) is 0 Å². The first-order valence-electron chi connectivity index (χ1n) is 8.53. The second-order valence-electron chi connectivity index (χ2n) is 6.27. The number of aromatic nitrogens is 1. The summed E-state index contributed by atoms with van der Waals surface area (Å²) >= 11 is 12.6. The van der Waals surface area contributed by atoms with E-state index in [0.29, 0.717) is 27.0 Å². The number of amides is 1. The predicted octanol–water partition coefficient (Wildman–Crippen LogP) is 6.04. The quantitative estimate of drug-likeness (QED) is 0.406. The van der Waals surface area contributed by atoms with Crippen molar-refractivity contribution in [1.29, 1.82) is 0 Å². The molecule has 0 aliphatic heterocycles. The lowest BCUT2D eigenvalue weighted by atomic mass is 10.0. The van der Waals surface area contributed by atoms with Crippen molar-refractivity contribution in [3.63, 3.8) is 0 Å².